The van der Waals surface area contributed by atoms with E-state index in [1.807, 2.05) is 18.2 Å². The van der Waals surface area contributed by atoms with Crippen LogP contribution < -0.4 is 20.7 Å². The van der Waals surface area contributed by atoms with E-state index in [0.717, 1.165) is 18.5 Å². The second-order valence-corrected chi connectivity index (χ2v) is 7.79. The fraction of sp³-hybridized carbons (Fsp3) is 0.391. The molecule has 168 valence electrons. The first-order chi connectivity index (χ1) is 15.7. The maximum Gasteiger partial charge on any atom is 0.233 e. The molecule has 1 fully saturated rings. The van der Waals surface area contributed by atoms with E-state index in [1.54, 1.807) is 18.3 Å². The number of rotatable bonds is 8. The fourth-order valence-electron chi connectivity index (χ4n) is 3.73. The molecular weight excluding hydrogens is 409 g/mol. The lowest BCUT2D eigenvalue weighted by atomic mass is 10.1. The molecule has 2 aromatic heterocycles. The van der Waals surface area contributed by atoms with Gasteiger partial charge in [-0.3, -0.25) is 4.98 Å². The molecule has 0 unspecified atom stereocenters. The highest BCUT2D eigenvalue weighted by molar-refractivity contribution is 5.57. The molecule has 1 aliphatic carbocycles. The highest BCUT2D eigenvalue weighted by Crippen LogP contribution is 2.24. The smallest absolute Gasteiger partial charge is 0.233 e. The van der Waals surface area contributed by atoms with Gasteiger partial charge in [0.25, 0.3) is 0 Å². The molecule has 0 radical (unpaired) electrons. The summed E-state index contributed by atoms with van der Waals surface area (Å²) in [6.45, 7) is 0.477. The van der Waals surface area contributed by atoms with Crippen molar-refractivity contribution in [3.63, 3.8) is 0 Å². The van der Waals surface area contributed by atoms with Crippen LogP contribution in [-0.2, 0) is 6.54 Å². The predicted molar refractivity (Wildman–Crippen MR) is 123 cm³/mol. The minimum absolute atomic E-state index is 0.180. The fourth-order valence-corrected chi connectivity index (χ4v) is 3.73. The van der Waals surface area contributed by atoms with E-state index < -0.39 is 5.82 Å². The number of pyridine rings is 1. The van der Waals surface area contributed by atoms with Crippen LogP contribution in [0.5, 0.6) is 5.75 Å². The van der Waals surface area contributed by atoms with E-state index >= 15 is 0 Å². The average Bonchev–Trinajstić information content (AvgIpc) is 3.07. The van der Waals surface area contributed by atoms with E-state index in [0.29, 0.717) is 36.1 Å². The molecule has 1 aromatic carbocycles. The number of nitrogens with zero attached hydrogens (tertiary/aromatic N) is 4. The van der Waals surface area contributed by atoms with Gasteiger partial charge < -0.3 is 20.7 Å². The van der Waals surface area contributed by atoms with Crippen molar-refractivity contribution in [3.05, 3.63) is 54.1 Å². The maximum atomic E-state index is 14.1. The van der Waals surface area contributed by atoms with Crippen molar-refractivity contribution >= 4 is 23.5 Å². The Morgan fingerprint density at radius 2 is 1.75 bits per heavy atom. The van der Waals surface area contributed by atoms with Crippen LogP contribution in [0.2, 0.25) is 0 Å². The van der Waals surface area contributed by atoms with Gasteiger partial charge >= 0.3 is 0 Å². The molecule has 0 atom stereocenters. The van der Waals surface area contributed by atoms with Gasteiger partial charge in [0.1, 0.15) is 0 Å². The van der Waals surface area contributed by atoms with Crippen LogP contribution >= 0.6 is 0 Å². The van der Waals surface area contributed by atoms with Crippen LogP contribution in [0.4, 0.5) is 27.9 Å². The van der Waals surface area contributed by atoms with Gasteiger partial charge in [-0.15, -0.1) is 0 Å². The zero-order valence-corrected chi connectivity index (χ0v) is 18.1. The molecular formula is C23H28FN7O. The third-order valence-corrected chi connectivity index (χ3v) is 5.39. The van der Waals surface area contributed by atoms with Gasteiger partial charge in [0.15, 0.2) is 11.6 Å². The standard InChI is InChI=1S/C23H28FN7O/c1-32-20-12-11-17(14-19(20)24)28-23-30-21(26-15-18-10-6-7-13-25-18)29-22(31-23)27-16-8-4-2-3-5-9-16/h6-7,10-14,16H,2-5,8-9,15H2,1H3,(H3,26,27,28,29,30,31). The minimum Gasteiger partial charge on any atom is -0.494 e. The SMILES string of the molecule is COc1ccc(Nc2nc(NCc3ccccn3)nc(NC3CCCCCC3)n2)cc1F. The lowest BCUT2D eigenvalue weighted by Gasteiger charge is -2.17. The van der Waals surface area contributed by atoms with E-state index in [1.165, 1.54) is 38.9 Å². The number of methoxy groups -OCH3 is 1. The molecule has 32 heavy (non-hydrogen) atoms. The van der Waals surface area contributed by atoms with Gasteiger partial charge in [0.2, 0.25) is 17.8 Å². The number of ether oxygens (including phenoxy) is 1. The topological polar surface area (TPSA) is 96.9 Å². The van der Waals surface area contributed by atoms with Gasteiger partial charge in [-0.05, 0) is 37.1 Å². The molecule has 0 aliphatic heterocycles. The van der Waals surface area contributed by atoms with Crippen molar-refractivity contribution in [2.24, 2.45) is 0 Å². The van der Waals surface area contributed by atoms with Gasteiger partial charge in [-0.2, -0.15) is 15.0 Å². The van der Waals surface area contributed by atoms with Crippen molar-refractivity contribution in [1.29, 1.82) is 0 Å². The minimum atomic E-state index is -0.461. The summed E-state index contributed by atoms with van der Waals surface area (Å²) in [5.41, 5.74) is 1.39. The van der Waals surface area contributed by atoms with Gasteiger partial charge in [-0.1, -0.05) is 31.7 Å². The Morgan fingerprint density at radius 1 is 0.969 bits per heavy atom. The van der Waals surface area contributed by atoms with Crippen molar-refractivity contribution in [2.75, 3.05) is 23.1 Å². The summed E-state index contributed by atoms with van der Waals surface area (Å²) in [5, 5.41) is 9.74. The first-order valence-corrected chi connectivity index (χ1v) is 11.0. The summed E-state index contributed by atoms with van der Waals surface area (Å²) < 4.78 is 19.1. The lowest BCUT2D eigenvalue weighted by molar-refractivity contribution is 0.386. The monoisotopic (exact) mass is 437 g/mol. The molecule has 0 bridgehead atoms. The van der Waals surface area contributed by atoms with Crippen LogP contribution in [0.25, 0.3) is 0 Å². The number of anilines is 4. The van der Waals surface area contributed by atoms with Gasteiger partial charge in [0.05, 0.1) is 19.3 Å². The van der Waals surface area contributed by atoms with Crippen molar-refractivity contribution in [3.8, 4) is 5.75 Å². The first kappa shape index (κ1) is 21.7. The number of benzene rings is 1. The van der Waals surface area contributed by atoms with Crippen LogP contribution in [0, 0.1) is 5.82 Å². The summed E-state index contributed by atoms with van der Waals surface area (Å²) in [7, 11) is 1.43. The maximum absolute atomic E-state index is 14.1. The average molecular weight is 438 g/mol. The van der Waals surface area contributed by atoms with Crippen LogP contribution in [0.1, 0.15) is 44.2 Å². The summed E-state index contributed by atoms with van der Waals surface area (Å²) in [5.74, 6) is 0.950. The van der Waals surface area contributed by atoms with Crippen LogP contribution in [0.3, 0.4) is 0 Å². The summed E-state index contributed by atoms with van der Waals surface area (Å²) in [4.78, 5) is 17.9. The molecule has 3 N–H and O–H groups in total. The third kappa shape index (κ3) is 6.03. The van der Waals surface area contributed by atoms with Gasteiger partial charge in [-0.25, -0.2) is 4.39 Å². The van der Waals surface area contributed by atoms with E-state index in [4.69, 9.17) is 4.74 Å². The quantitative estimate of drug-likeness (QED) is 0.428. The zero-order chi connectivity index (χ0) is 22.2. The highest BCUT2D eigenvalue weighted by atomic mass is 19.1. The molecule has 0 saturated heterocycles. The predicted octanol–water partition coefficient (Wildman–Crippen LogP) is 4.90. The first-order valence-electron chi connectivity index (χ1n) is 11.0. The Bertz CT molecular complexity index is 1010. The molecule has 1 saturated carbocycles. The molecule has 3 aromatic rings. The summed E-state index contributed by atoms with van der Waals surface area (Å²) in [6.07, 6.45) is 8.86. The summed E-state index contributed by atoms with van der Waals surface area (Å²) >= 11 is 0. The van der Waals surface area contributed by atoms with E-state index in [-0.39, 0.29) is 5.75 Å². The van der Waals surface area contributed by atoms with Crippen LogP contribution in [-0.4, -0.2) is 33.1 Å². The Morgan fingerprint density at radius 3 is 2.47 bits per heavy atom. The van der Waals surface area contributed by atoms with E-state index in [9.17, 15) is 4.39 Å². The molecule has 1 aliphatic rings. The van der Waals surface area contributed by atoms with Crippen molar-refractivity contribution in [2.45, 2.75) is 51.1 Å². The molecule has 0 spiro atoms. The largest absolute Gasteiger partial charge is 0.494 e. The van der Waals surface area contributed by atoms with Gasteiger partial charge in [0, 0.05) is 24.0 Å². The second kappa shape index (κ2) is 10.7. The molecule has 0 amide bonds. The number of hydrogen-bond donors (Lipinski definition) is 3. The number of aromatic nitrogens is 4. The van der Waals surface area contributed by atoms with Crippen LogP contribution in [0.15, 0.2) is 42.6 Å². The molecule has 8 nitrogen and oxygen atoms in total. The lowest BCUT2D eigenvalue weighted by Crippen LogP contribution is -2.21. The Hall–Kier alpha value is -3.49. The van der Waals surface area contributed by atoms with Crippen molar-refractivity contribution in [1.82, 2.24) is 19.9 Å². The molecule has 2 heterocycles. The molecule has 4 rings (SSSR count). The number of hydrogen-bond acceptors (Lipinski definition) is 8. The highest BCUT2D eigenvalue weighted by Gasteiger charge is 2.15. The third-order valence-electron chi connectivity index (χ3n) is 5.39. The Labute approximate surface area is 187 Å². The normalized spacial score (nSPS) is 14.4. The Kier molecular flexibility index (Phi) is 7.27. The molecule has 9 heteroatoms. The second-order valence-electron chi connectivity index (χ2n) is 7.79. The van der Waals surface area contributed by atoms with Crippen molar-refractivity contribution < 1.29 is 9.13 Å². The zero-order valence-electron chi connectivity index (χ0n) is 18.1. The van der Waals surface area contributed by atoms with E-state index in [2.05, 4.69) is 35.9 Å². The number of halogens is 1. The Balaban J connectivity index is 1.54. The number of nitrogens with one attached hydrogen (secondary N) is 3. The summed E-state index contributed by atoms with van der Waals surface area (Å²) in [6, 6.07) is 10.7.